The zero-order valence-corrected chi connectivity index (χ0v) is 16.6. The maximum absolute atomic E-state index is 12.6. The van der Waals surface area contributed by atoms with Crippen molar-refractivity contribution in [1.29, 1.82) is 0 Å². The molecule has 1 fully saturated rings. The van der Waals surface area contributed by atoms with Crippen LogP contribution in [0.1, 0.15) is 44.2 Å². The monoisotopic (exact) mass is 360 g/mol. The second-order valence-corrected chi connectivity index (χ2v) is 7.13. The van der Waals surface area contributed by atoms with Gasteiger partial charge in [-0.2, -0.15) is 0 Å². The number of carbonyl (C=O) groups is 2. The van der Waals surface area contributed by atoms with Crippen LogP contribution in [0.4, 0.5) is 0 Å². The maximum atomic E-state index is 12.6. The van der Waals surface area contributed by atoms with E-state index in [0.717, 1.165) is 37.1 Å². The van der Waals surface area contributed by atoms with Gasteiger partial charge in [0.15, 0.2) is 6.61 Å². The molecule has 2 rings (SSSR count). The third-order valence-electron chi connectivity index (χ3n) is 5.18. The van der Waals surface area contributed by atoms with Gasteiger partial charge in [0.1, 0.15) is 5.75 Å². The normalized spacial score (nSPS) is 15.1. The second kappa shape index (κ2) is 9.60. The van der Waals surface area contributed by atoms with Crippen LogP contribution in [0.25, 0.3) is 0 Å². The van der Waals surface area contributed by atoms with Gasteiger partial charge in [-0.3, -0.25) is 9.59 Å². The molecule has 0 aliphatic carbocycles. The van der Waals surface area contributed by atoms with Crippen LogP contribution >= 0.6 is 0 Å². The van der Waals surface area contributed by atoms with Crippen LogP contribution in [0.2, 0.25) is 0 Å². The lowest BCUT2D eigenvalue weighted by atomic mass is 10.0. The van der Waals surface area contributed by atoms with Gasteiger partial charge in [-0.15, -0.1) is 0 Å². The molecule has 0 saturated carbocycles. The highest BCUT2D eigenvalue weighted by Crippen LogP contribution is 2.19. The first kappa shape index (κ1) is 20.3. The van der Waals surface area contributed by atoms with Crippen LogP contribution in [-0.2, 0) is 9.59 Å². The number of carbonyl (C=O) groups excluding carboxylic acids is 2. The average Bonchev–Trinajstić information content (AvgIpc) is 2.88. The molecule has 0 unspecified atom stereocenters. The predicted molar refractivity (Wildman–Crippen MR) is 103 cm³/mol. The Bertz CT molecular complexity index is 626. The first-order chi connectivity index (χ1) is 12.5. The molecule has 2 amide bonds. The second-order valence-electron chi connectivity index (χ2n) is 7.13. The Hall–Kier alpha value is -2.04. The van der Waals surface area contributed by atoms with E-state index in [0.29, 0.717) is 19.6 Å². The zero-order chi connectivity index (χ0) is 19.1. The van der Waals surface area contributed by atoms with Gasteiger partial charge in [-0.05, 0) is 44.7 Å². The number of hydrogen-bond acceptors (Lipinski definition) is 3. The van der Waals surface area contributed by atoms with Crippen LogP contribution < -0.4 is 4.74 Å². The molecular formula is C21H32N2O3. The van der Waals surface area contributed by atoms with Crippen molar-refractivity contribution < 1.29 is 14.3 Å². The van der Waals surface area contributed by atoms with E-state index in [1.165, 1.54) is 5.56 Å². The number of ether oxygens (including phenoxy) is 1. The number of hydrogen-bond donors (Lipinski definition) is 0. The highest BCUT2D eigenvalue weighted by molar-refractivity contribution is 5.80. The first-order valence-electron chi connectivity index (χ1n) is 9.72. The molecule has 1 aromatic rings. The summed E-state index contributed by atoms with van der Waals surface area (Å²) in [5.74, 6) is 1.08. The molecule has 0 aromatic heterocycles. The van der Waals surface area contributed by atoms with E-state index in [1.807, 2.05) is 41.8 Å². The molecule has 0 atom stereocenters. The fourth-order valence-corrected chi connectivity index (χ4v) is 3.48. The number of nitrogens with zero attached hydrogens (tertiary/aromatic N) is 2. The van der Waals surface area contributed by atoms with Crippen molar-refractivity contribution in [1.82, 2.24) is 9.80 Å². The summed E-state index contributed by atoms with van der Waals surface area (Å²) in [4.78, 5) is 28.8. The third-order valence-corrected chi connectivity index (χ3v) is 5.18. The van der Waals surface area contributed by atoms with Gasteiger partial charge in [0.25, 0.3) is 5.91 Å². The van der Waals surface area contributed by atoms with E-state index < -0.39 is 0 Å². The van der Waals surface area contributed by atoms with Crippen molar-refractivity contribution >= 4 is 11.8 Å². The fourth-order valence-electron chi connectivity index (χ4n) is 3.48. The molecule has 5 nitrogen and oxygen atoms in total. The molecular weight excluding hydrogens is 328 g/mol. The van der Waals surface area contributed by atoms with Crippen molar-refractivity contribution in [3.8, 4) is 5.75 Å². The molecule has 5 heteroatoms. The summed E-state index contributed by atoms with van der Waals surface area (Å²) in [6.45, 7) is 10.8. The lowest BCUT2D eigenvalue weighted by Crippen LogP contribution is -2.41. The summed E-state index contributed by atoms with van der Waals surface area (Å²) in [5, 5.41) is 0. The van der Waals surface area contributed by atoms with Crippen molar-refractivity contribution in [2.45, 2.75) is 47.0 Å². The van der Waals surface area contributed by atoms with Gasteiger partial charge in [-0.1, -0.05) is 31.5 Å². The smallest absolute Gasteiger partial charge is 0.260 e. The Morgan fingerprint density at radius 3 is 2.35 bits per heavy atom. The molecule has 144 valence electrons. The highest BCUT2D eigenvalue weighted by Gasteiger charge is 2.25. The van der Waals surface area contributed by atoms with Crippen molar-refractivity contribution in [2.75, 3.05) is 32.8 Å². The molecule has 1 aromatic carbocycles. The van der Waals surface area contributed by atoms with Crippen LogP contribution in [-0.4, -0.2) is 54.4 Å². The van der Waals surface area contributed by atoms with Gasteiger partial charge in [-0.25, -0.2) is 0 Å². The minimum atomic E-state index is -0.0122. The topological polar surface area (TPSA) is 49.9 Å². The molecule has 0 N–H and O–H groups in total. The Kier molecular flexibility index (Phi) is 7.49. The molecule has 1 heterocycles. The van der Waals surface area contributed by atoms with Crippen LogP contribution in [0.5, 0.6) is 5.75 Å². The Morgan fingerprint density at radius 1 is 1.04 bits per heavy atom. The molecule has 1 aliphatic heterocycles. The highest BCUT2D eigenvalue weighted by atomic mass is 16.5. The number of amides is 2. The summed E-state index contributed by atoms with van der Waals surface area (Å²) in [6.07, 6.45) is 2.57. The fraction of sp³-hybridized carbons (Fsp3) is 0.619. The average molecular weight is 360 g/mol. The minimum Gasteiger partial charge on any atom is -0.484 e. The standard InChI is InChI=1S/C21H32N2O3/c1-5-18(6-2)21(25)23-11-7-10-22(12-13-23)20(24)15-26-19-9-8-16(3)14-17(19)4/h8-9,14,18H,5-7,10-13,15H2,1-4H3. The number of benzene rings is 1. The Labute approximate surface area is 157 Å². The van der Waals surface area contributed by atoms with Crippen molar-refractivity contribution in [2.24, 2.45) is 5.92 Å². The quantitative estimate of drug-likeness (QED) is 0.783. The Balaban J connectivity index is 1.87. The third kappa shape index (κ3) is 5.23. The summed E-state index contributed by atoms with van der Waals surface area (Å²) < 4.78 is 5.72. The SMILES string of the molecule is CCC(CC)C(=O)N1CCCN(C(=O)COc2ccc(C)cc2C)CC1. The van der Waals surface area contributed by atoms with Crippen LogP contribution in [0.15, 0.2) is 18.2 Å². The summed E-state index contributed by atoms with van der Waals surface area (Å²) in [7, 11) is 0. The van der Waals surface area contributed by atoms with E-state index in [-0.39, 0.29) is 24.3 Å². The molecule has 0 spiro atoms. The largest absolute Gasteiger partial charge is 0.484 e. The van der Waals surface area contributed by atoms with Crippen LogP contribution in [0.3, 0.4) is 0 Å². The van der Waals surface area contributed by atoms with Gasteiger partial charge in [0.05, 0.1) is 0 Å². The summed E-state index contributed by atoms with van der Waals surface area (Å²) in [5.41, 5.74) is 2.21. The van der Waals surface area contributed by atoms with E-state index in [1.54, 1.807) is 0 Å². The van der Waals surface area contributed by atoms with E-state index in [4.69, 9.17) is 4.74 Å². The van der Waals surface area contributed by atoms with Crippen molar-refractivity contribution in [3.05, 3.63) is 29.3 Å². The molecule has 0 bridgehead atoms. The zero-order valence-electron chi connectivity index (χ0n) is 16.6. The van der Waals surface area contributed by atoms with E-state index in [9.17, 15) is 9.59 Å². The molecule has 26 heavy (non-hydrogen) atoms. The van der Waals surface area contributed by atoms with E-state index >= 15 is 0 Å². The van der Waals surface area contributed by atoms with Crippen LogP contribution in [0, 0.1) is 19.8 Å². The summed E-state index contributed by atoms with van der Waals surface area (Å²) in [6, 6.07) is 5.95. The summed E-state index contributed by atoms with van der Waals surface area (Å²) >= 11 is 0. The molecule has 0 radical (unpaired) electrons. The number of aryl methyl sites for hydroxylation is 2. The lowest BCUT2D eigenvalue weighted by molar-refractivity contribution is -0.137. The lowest BCUT2D eigenvalue weighted by Gasteiger charge is -2.25. The first-order valence-corrected chi connectivity index (χ1v) is 9.72. The van der Waals surface area contributed by atoms with Gasteiger partial charge < -0.3 is 14.5 Å². The Morgan fingerprint density at radius 2 is 1.69 bits per heavy atom. The predicted octanol–water partition coefficient (Wildman–Crippen LogP) is 3.18. The molecule has 1 aliphatic rings. The van der Waals surface area contributed by atoms with Gasteiger partial charge >= 0.3 is 0 Å². The number of rotatable bonds is 6. The van der Waals surface area contributed by atoms with E-state index in [2.05, 4.69) is 13.8 Å². The van der Waals surface area contributed by atoms with Gasteiger partial charge in [0, 0.05) is 32.1 Å². The van der Waals surface area contributed by atoms with Gasteiger partial charge in [0.2, 0.25) is 5.91 Å². The van der Waals surface area contributed by atoms with Crippen molar-refractivity contribution in [3.63, 3.8) is 0 Å². The minimum absolute atomic E-state index is 0.0122. The molecule has 1 saturated heterocycles. The maximum Gasteiger partial charge on any atom is 0.260 e.